The molecular weight excluding hydrogens is 428 g/mol. The standard InChI is InChI=1S/C24H29ClN4O3/c1-28-9-3-4-17-14-18(7-8-21(17)28)22(29-10-12-32-13-11-29)16-26-23(30)24(31)27-20-6-2-5-19(25)15-20/h2,5-8,14-15,22H,3-4,9-13,16H2,1H3,(H,26,30)(H,27,31)/t22-/m1/s1. The second-order valence-corrected chi connectivity index (χ2v) is 8.69. The highest BCUT2D eigenvalue weighted by molar-refractivity contribution is 6.39. The number of fused-ring (bicyclic) bond motifs is 1. The van der Waals surface area contributed by atoms with Crippen molar-refractivity contribution >= 4 is 34.8 Å². The summed E-state index contributed by atoms with van der Waals surface area (Å²) in [6.07, 6.45) is 2.19. The van der Waals surface area contributed by atoms with Gasteiger partial charge in [-0.1, -0.05) is 29.8 Å². The van der Waals surface area contributed by atoms with Crippen LogP contribution in [-0.2, 0) is 20.7 Å². The van der Waals surface area contributed by atoms with Crippen molar-refractivity contribution in [3.8, 4) is 0 Å². The molecule has 0 saturated carbocycles. The van der Waals surface area contributed by atoms with E-state index in [1.54, 1.807) is 24.3 Å². The van der Waals surface area contributed by atoms with Gasteiger partial charge < -0.3 is 20.3 Å². The predicted molar refractivity (Wildman–Crippen MR) is 126 cm³/mol. The molecule has 8 heteroatoms. The van der Waals surface area contributed by atoms with Crippen LogP contribution in [0.5, 0.6) is 0 Å². The summed E-state index contributed by atoms with van der Waals surface area (Å²) in [5.41, 5.74) is 4.24. The summed E-state index contributed by atoms with van der Waals surface area (Å²) in [4.78, 5) is 29.5. The maximum Gasteiger partial charge on any atom is 0.313 e. The lowest BCUT2D eigenvalue weighted by atomic mass is 9.95. The number of ether oxygens (including phenoxy) is 1. The van der Waals surface area contributed by atoms with Crippen LogP contribution in [0.3, 0.4) is 0 Å². The van der Waals surface area contributed by atoms with Crippen molar-refractivity contribution in [2.75, 3.05) is 56.7 Å². The molecule has 2 aliphatic rings. The fourth-order valence-electron chi connectivity index (χ4n) is 4.38. The second kappa shape index (κ2) is 10.3. The fourth-order valence-corrected chi connectivity index (χ4v) is 4.57. The average molecular weight is 457 g/mol. The van der Waals surface area contributed by atoms with E-state index in [-0.39, 0.29) is 6.04 Å². The van der Waals surface area contributed by atoms with Gasteiger partial charge in [0.1, 0.15) is 0 Å². The number of morpholine rings is 1. The van der Waals surface area contributed by atoms with Crippen LogP contribution in [0.4, 0.5) is 11.4 Å². The summed E-state index contributed by atoms with van der Waals surface area (Å²) in [6.45, 7) is 4.30. The van der Waals surface area contributed by atoms with E-state index in [0.717, 1.165) is 38.0 Å². The van der Waals surface area contributed by atoms with Crippen molar-refractivity contribution in [1.82, 2.24) is 10.2 Å². The van der Waals surface area contributed by atoms with E-state index in [9.17, 15) is 9.59 Å². The van der Waals surface area contributed by atoms with E-state index in [1.165, 1.54) is 11.3 Å². The Bertz CT molecular complexity index is 977. The minimum Gasteiger partial charge on any atom is -0.379 e. The first kappa shape index (κ1) is 22.6. The molecule has 0 unspecified atom stereocenters. The van der Waals surface area contributed by atoms with Gasteiger partial charge in [0.25, 0.3) is 0 Å². The topological polar surface area (TPSA) is 73.9 Å². The van der Waals surface area contributed by atoms with Crippen LogP contribution in [0.2, 0.25) is 5.02 Å². The Hall–Kier alpha value is -2.61. The quantitative estimate of drug-likeness (QED) is 0.677. The zero-order chi connectivity index (χ0) is 22.5. The lowest BCUT2D eigenvalue weighted by Gasteiger charge is -2.36. The molecule has 1 atom stereocenters. The van der Waals surface area contributed by atoms with Crippen molar-refractivity contribution in [2.24, 2.45) is 0 Å². The lowest BCUT2D eigenvalue weighted by molar-refractivity contribution is -0.136. The SMILES string of the molecule is CN1CCCc2cc([C@@H](CNC(=O)C(=O)Nc3cccc(Cl)c3)N3CCOCC3)ccc21. The van der Waals surface area contributed by atoms with Crippen molar-refractivity contribution in [2.45, 2.75) is 18.9 Å². The summed E-state index contributed by atoms with van der Waals surface area (Å²) in [5.74, 6) is -1.37. The van der Waals surface area contributed by atoms with Crippen LogP contribution in [0.25, 0.3) is 0 Å². The molecule has 0 spiro atoms. The van der Waals surface area contributed by atoms with Crippen molar-refractivity contribution < 1.29 is 14.3 Å². The van der Waals surface area contributed by atoms with Gasteiger partial charge in [0.05, 0.1) is 19.3 Å². The van der Waals surface area contributed by atoms with Gasteiger partial charge in [0, 0.05) is 49.6 Å². The molecule has 0 aromatic heterocycles. The Morgan fingerprint density at radius 1 is 1.09 bits per heavy atom. The Balaban J connectivity index is 1.46. The van der Waals surface area contributed by atoms with Gasteiger partial charge in [0.15, 0.2) is 0 Å². The molecule has 7 nitrogen and oxygen atoms in total. The zero-order valence-electron chi connectivity index (χ0n) is 18.3. The predicted octanol–water partition coefficient (Wildman–Crippen LogP) is 2.85. The number of amides is 2. The molecule has 0 aliphatic carbocycles. The molecule has 2 aliphatic heterocycles. The molecule has 2 amide bonds. The smallest absolute Gasteiger partial charge is 0.313 e. The normalized spacial score (nSPS) is 17.4. The molecular formula is C24H29ClN4O3. The fraction of sp³-hybridized carbons (Fsp3) is 0.417. The van der Waals surface area contributed by atoms with E-state index in [4.69, 9.17) is 16.3 Å². The van der Waals surface area contributed by atoms with E-state index < -0.39 is 11.8 Å². The third kappa shape index (κ3) is 5.41. The Labute approximate surface area is 193 Å². The molecule has 2 N–H and O–H groups in total. The maximum absolute atomic E-state index is 12.5. The van der Waals surface area contributed by atoms with E-state index >= 15 is 0 Å². The monoisotopic (exact) mass is 456 g/mol. The van der Waals surface area contributed by atoms with Gasteiger partial charge in [-0.3, -0.25) is 14.5 Å². The highest BCUT2D eigenvalue weighted by atomic mass is 35.5. The molecule has 0 bridgehead atoms. The van der Waals surface area contributed by atoms with Gasteiger partial charge in [-0.05, 0) is 48.2 Å². The van der Waals surface area contributed by atoms with Crippen molar-refractivity contribution in [3.05, 3.63) is 58.6 Å². The molecule has 2 aromatic carbocycles. The summed E-state index contributed by atoms with van der Waals surface area (Å²) in [7, 11) is 2.12. The van der Waals surface area contributed by atoms with Gasteiger partial charge >= 0.3 is 11.8 Å². The van der Waals surface area contributed by atoms with Gasteiger partial charge in [-0.15, -0.1) is 0 Å². The van der Waals surface area contributed by atoms with Crippen LogP contribution >= 0.6 is 11.6 Å². The highest BCUT2D eigenvalue weighted by Gasteiger charge is 2.26. The number of halogens is 1. The largest absolute Gasteiger partial charge is 0.379 e. The lowest BCUT2D eigenvalue weighted by Crippen LogP contribution is -2.45. The number of benzene rings is 2. The van der Waals surface area contributed by atoms with E-state index in [1.807, 2.05) is 0 Å². The van der Waals surface area contributed by atoms with Crippen LogP contribution in [0.1, 0.15) is 23.6 Å². The number of anilines is 2. The number of hydrogen-bond acceptors (Lipinski definition) is 5. The number of aryl methyl sites for hydroxylation is 1. The first-order valence-corrected chi connectivity index (χ1v) is 11.4. The molecule has 1 fully saturated rings. The number of rotatable bonds is 5. The minimum absolute atomic E-state index is 0.0284. The third-order valence-electron chi connectivity index (χ3n) is 6.07. The Morgan fingerprint density at radius 2 is 1.91 bits per heavy atom. The molecule has 170 valence electrons. The number of carbonyl (C=O) groups excluding carboxylic acids is 2. The van der Waals surface area contributed by atoms with E-state index in [0.29, 0.717) is 30.5 Å². The Morgan fingerprint density at radius 3 is 2.69 bits per heavy atom. The first-order valence-electron chi connectivity index (χ1n) is 11.0. The number of nitrogens with zero attached hydrogens (tertiary/aromatic N) is 2. The molecule has 0 radical (unpaired) electrons. The summed E-state index contributed by atoms with van der Waals surface area (Å²) in [6, 6.07) is 13.3. The molecule has 2 heterocycles. The van der Waals surface area contributed by atoms with Crippen molar-refractivity contribution in [3.63, 3.8) is 0 Å². The van der Waals surface area contributed by atoms with Gasteiger partial charge in [-0.25, -0.2) is 0 Å². The van der Waals surface area contributed by atoms with E-state index in [2.05, 4.69) is 45.7 Å². The summed E-state index contributed by atoms with van der Waals surface area (Å²) < 4.78 is 5.52. The van der Waals surface area contributed by atoms with Gasteiger partial charge in [-0.2, -0.15) is 0 Å². The Kier molecular flexibility index (Phi) is 7.29. The second-order valence-electron chi connectivity index (χ2n) is 8.25. The molecule has 1 saturated heterocycles. The van der Waals surface area contributed by atoms with Crippen LogP contribution in [0, 0.1) is 0 Å². The number of hydrogen-bond donors (Lipinski definition) is 2. The van der Waals surface area contributed by atoms with Crippen LogP contribution in [0.15, 0.2) is 42.5 Å². The molecule has 4 rings (SSSR count). The third-order valence-corrected chi connectivity index (χ3v) is 6.31. The number of carbonyl (C=O) groups is 2. The zero-order valence-corrected chi connectivity index (χ0v) is 19.0. The summed E-state index contributed by atoms with van der Waals surface area (Å²) >= 11 is 5.95. The molecule has 2 aromatic rings. The first-order chi connectivity index (χ1) is 15.5. The van der Waals surface area contributed by atoms with Crippen LogP contribution in [-0.4, -0.2) is 63.2 Å². The number of nitrogens with one attached hydrogen (secondary N) is 2. The average Bonchev–Trinajstić information content (AvgIpc) is 2.80. The van der Waals surface area contributed by atoms with Crippen molar-refractivity contribution in [1.29, 1.82) is 0 Å². The van der Waals surface area contributed by atoms with Crippen LogP contribution < -0.4 is 15.5 Å². The molecule has 32 heavy (non-hydrogen) atoms. The maximum atomic E-state index is 12.5. The summed E-state index contributed by atoms with van der Waals surface area (Å²) in [5, 5.41) is 5.92. The van der Waals surface area contributed by atoms with Gasteiger partial charge in [0.2, 0.25) is 0 Å². The highest BCUT2D eigenvalue weighted by Crippen LogP contribution is 2.31. The minimum atomic E-state index is -0.708.